The van der Waals surface area contributed by atoms with Crippen molar-refractivity contribution in [1.82, 2.24) is 4.90 Å². The molecular weight excluding hydrogens is 389 g/mol. The first-order chi connectivity index (χ1) is 9.76. The van der Waals surface area contributed by atoms with E-state index in [0.717, 1.165) is 0 Å². The lowest BCUT2D eigenvalue weighted by atomic mass is 10.2. The molecule has 0 N–H and O–H groups in total. The minimum atomic E-state index is -0.481. The summed E-state index contributed by atoms with van der Waals surface area (Å²) in [6.07, 6.45) is -0.445. The largest absolute Gasteiger partial charge is 0.444 e. The standard InChI is InChI=1S/C14H26INO5/c1-14(2,3)21-13(17)16-6-11(15)12(7-16)20-10(8-18-4)9-19-5/h10-12H,6-9H2,1-5H3. The average molecular weight is 415 g/mol. The second kappa shape index (κ2) is 8.50. The number of ether oxygens (including phenoxy) is 4. The number of nitrogens with zero attached hydrogens (tertiary/aromatic N) is 1. The molecule has 2 unspecified atom stereocenters. The topological polar surface area (TPSA) is 57.2 Å². The Kier molecular flexibility index (Phi) is 7.66. The van der Waals surface area contributed by atoms with Gasteiger partial charge in [-0.15, -0.1) is 0 Å². The summed E-state index contributed by atoms with van der Waals surface area (Å²) in [6.45, 7) is 7.71. The molecule has 1 fully saturated rings. The van der Waals surface area contributed by atoms with Crippen LogP contribution in [0.4, 0.5) is 4.79 Å². The first-order valence-electron chi connectivity index (χ1n) is 7.02. The Bertz CT molecular complexity index is 328. The molecule has 0 aromatic carbocycles. The molecule has 21 heavy (non-hydrogen) atoms. The Morgan fingerprint density at radius 3 is 2.29 bits per heavy atom. The van der Waals surface area contributed by atoms with Gasteiger partial charge in [-0.05, 0) is 20.8 Å². The Balaban J connectivity index is 2.53. The van der Waals surface area contributed by atoms with Crippen molar-refractivity contribution in [3.05, 3.63) is 0 Å². The molecule has 6 nitrogen and oxygen atoms in total. The van der Waals surface area contributed by atoms with Crippen LogP contribution in [0, 0.1) is 0 Å². The molecule has 0 radical (unpaired) electrons. The molecule has 1 rings (SSSR count). The van der Waals surface area contributed by atoms with Crippen molar-refractivity contribution < 1.29 is 23.7 Å². The predicted molar refractivity (Wildman–Crippen MR) is 88.0 cm³/mol. The van der Waals surface area contributed by atoms with Crippen LogP contribution in [0.1, 0.15) is 20.8 Å². The summed E-state index contributed by atoms with van der Waals surface area (Å²) < 4.78 is 21.9. The highest BCUT2D eigenvalue weighted by molar-refractivity contribution is 14.1. The molecule has 1 aliphatic heterocycles. The molecule has 0 aliphatic carbocycles. The molecule has 1 saturated heterocycles. The van der Waals surface area contributed by atoms with E-state index in [-0.39, 0.29) is 22.2 Å². The number of hydrogen-bond acceptors (Lipinski definition) is 5. The second-order valence-electron chi connectivity index (χ2n) is 6.11. The number of carbonyl (C=O) groups is 1. The summed E-state index contributed by atoms with van der Waals surface area (Å²) >= 11 is 2.31. The van der Waals surface area contributed by atoms with Crippen molar-refractivity contribution in [3.8, 4) is 0 Å². The third-order valence-corrected chi connectivity index (χ3v) is 4.12. The summed E-state index contributed by atoms with van der Waals surface area (Å²) in [4.78, 5) is 13.8. The van der Waals surface area contributed by atoms with Crippen LogP contribution in [0.25, 0.3) is 0 Å². The predicted octanol–water partition coefficient (Wildman–Crippen LogP) is 2.09. The maximum Gasteiger partial charge on any atom is 0.410 e. The maximum absolute atomic E-state index is 12.1. The fourth-order valence-electron chi connectivity index (χ4n) is 2.08. The normalized spacial score (nSPS) is 22.9. The van der Waals surface area contributed by atoms with E-state index >= 15 is 0 Å². The van der Waals surface area contributed by atoms with Crippen molar-refractivity contribution in [2.24, 2.45) is 0 Å². The highest BCUT2D eigenvalue weighted by atomic mass is 127. The molecular formula is C14H26INO5. The van der Waals surface area contributed by atoms with Crippen LogP contribution in [0.5, 0.6) is 0 Å². The number of rotatable bonds is 6. The van der Waals surface area contributed by atoms with E-state index in [4.69, 9.17) is 18.9 Å². The fraction of sp³-hybridized carbons (Fsp3) is 0.929. The first-order valence-corrected chi connectivity index (χ1v) is 8.26. The zero-order valence-electron chi connectivity index (χ0n) is 13.4. The molecule has 1 heterocycles. The lowest BCUT2D eigenvalue weighted by Crippen LogP contribution is -2.37. The second-order valence-corrected chi connectivity index (χ2v) is 7.71. The number of methoxy groups -OCH3 is 2. The van der Waals surface area contributed by atoms with Gasteiger partial charge in [-0.25, -0.2) is 4.79 Å². The molecule has 0 aromatic rings. The number of hydrogen-bond donors (Lipinski definition) is 0. The van der Waals surface area contributed by atoms with Gasteiger partial charge in [-0.1, -0.05) is 22.6 Å². The summed E-state index contributed by atoms with van der Waals surface area (Å²) in [5.41, 5.74) is -0.481. The highest BCUT2D eigenvalue weighted by Crippen LogP contribution is 2.24. The summed E-state index contributed by atoms with van der Waals surface area (Å²) in [7, 11) is 3.27. The molecule has 0 bridgehead atoms. The smallest absolute Gasteiger partial charge is 0.410 e. The lowest BCUT2D eigenvalue weighted by Gasteiger charge is -2.25. The number of likely N-dealkylation sites (tertiary alicyclic amines) is 1. The van der Waals surface area contributed by atoms with Gasteiger partial charge < -0.3 is 23.8 Å². The third kappa shape index (κ3) is 6.66. The maximum atomic E-state index is 12.1. The van der Waals surface area contributed by atoms with Crippen molar-refractivity contribution in [2.75, 3.05) is 40.5 Å². The SMILES string of the molecule is COCC(COC)OC1CN(C(=O)OC(C)(C)C)CC1I. The average Bonchev–Trinajstić information content (AvgIpc) is 2.70. The number of amides is 1. The van der Waals surface area contributed by atoms with E-state index in [0.29, 0.717) is 26.3 Å². The summed E-state index contributed by atoms with van der Waals surface area (Å²) in [5.74, 6) is 0. The minimum Gasteiger partial charge on any atom is -0.444 e. The summed E-state index contributed by atoms with van der Waals surface area (Å²) in [6, 6.07) is 0. The molecule has 0 spiro atoms. The van der Waals surface area contributed by atoms with Crippen molar-refractivity contribution in [1.29, 1.82) is 0 Å². The highest BCUT2D eigenvalue weighted by Gasteiger charge is 2.37. The van der Waals surface area contributed by atoms with Gasteiger partial charge in [0.15, 0.2) is 0 Å². The van der Waals surface area contributed by atoms with Gasteiger partial charge in [-0.2, -0.15) is 0 Å². The Hall–Kier alpha value is -0.120. The van der Waals surface area contributed by atoms with E-state index in [1.54, 1.807) is 19.1 Å². The van der Waals surface area contributed by atoms with Crippen molar-refractivity contribution in [2.45, 2.75) is 42.5 Å². The first kappa shape index (κ1) is 18.9. The van der Waals surface area contributed by atoms with E-state index in [1.807, 2.05) is 20.8 Å². The van der Waals surface area contributed by atoms with Crippen LogP contribution in [0.2, 0.25) is 0 Å². The zero-order valence-corrected chi connectivity index (χ0v) is 15.6. The molecule has 0 saturated carbocycles. The molecule has 124 valence electrons. The van der Waals surface area contributed by atoms with E-state index in [2.05, 4.69) is 22.6 Å². The van der Waals surface area contributed by atoms with Crippen LogP contribution >= 0.6 is 22.6 Å². The molecule has 1 amide bonds. The van der Waals surface area contributed by atoms with Gasteiger partial charge >= 0.3 is 6.09 Å². The van der Waals surface area contributed by atoms with Crippen LogP contribution in [-0.2, 0) is 18.9 Å². The van der Waals surface area contributed by atoms with Gasteiger partial charge in [0.25, 0.3) is 0 Å². The monoisotopic (exact) mass is 415 g/mol. The van der Waals surface area contributed by atoms with Gasteiger partial charge in [0, 0.05) is 20.8 Å². The Morgan fingerprint density at radius 2 is 1.81 bits per heavy atom. The van der Waals surface area contributed by atoms with Crippen LogP contribution in [0.3, 0.4) is 0 Å². The van der Waals surface area contributed by atoms with E-state index < -0.39 is 5.60 Å². The van der Waals surface area contributed by atoms with Gasteiger partial charge in [0.05, 0.1) is 29.8 Å². The van der Waals surface area contributed by atoms with Crippen LogP contribution in [0.15, 0.2) is 0 Å². The number of alkyl halides is 1. The van der Waals surface area contributed by atoms with Crippen LogP contribution in [-0.4, -0.2) is 73.2 Å². The quantitative estimate of drug-likeness (QED) is 0.491. The molecule has 1 aliphatic rings. The lowest BCUT2D eigenvalue weighted by molar-refractivity contribution is -0.0718. The summed E-state index contributed by atoms with van der Waals surface area (Å²) in [5, 5.41) is 0. The Labute approximate surface area is 140 Å². The van der Waals surface area contributed by atoms with E-state index in [1.165, 1.54) is 0 Å². The molecule has 7 heteroatoms. The molecule has 2 atom stereocenters. The van der Waals surface area contributed by atoms with Crippen molar-refractivity contribution in [3.63, 3.8) is 0 Å². The molecule has 0 aromatic heterocycles. The number of halogens is 1. The fourth-order valence-corrected chi connectivity index (χ4v) is 2.96. The van der Waals surface area contributed by atoms with Gasteiger partial charge in [0.1, 0.15) is 11.7 Å². The van der Waals surface area contributed by atoms with E-state index in [9.17, 15) is 4.79 Å². The zero-order chi connectivity index (χ0) is 16.0. The third-order valence-electron chi connectivity index (χ3n) is 2.92. The Morgan fingerprint density at radius 1 is 1.24 bits per heavy atom. The van der Waals surface area contributed by atoms with Crippen LogP contribution < -0.4 is 0 Å². The number of carbonyl (C=O) groups excluding carboxylic acids is 1. The minimum absolute atomic E-state index is 0.0339. The van der Waals surface area contributed by atoms with Gasteiger partial charge in [0.2, 0.25) is 0 Å². The van der Waals surface area contributed by atoms with Gasteiger partial charge in [-0.3, -0.25) is 0 Å². The van der Waals surface area contributed by atoms with Crippen molar-refractivity contribution >= 4 is 28.7 Å².